The maximum absolute atomic E-state index is 13.3. The summed E-state index contributed by atoms with van der Waals surface area (Å²) in [5, 5.41) is 61.7. The lowest BCUT2D eigenvalue weighted by molar-refractivity contribution is -0.251. The van der Waals surface area contributed by atoms with E-state index in [1.54, 1.807) is 0 Å². The van der Waals surface area contributed by atoms with Crippen LogP contribution >= 0.6 is 15.6 Å². The zero-order valence-corrected chi connectivity index (χ0v) is 21.8. The SMILES string of the molecule is O=C(CO)N[C@@H]1[C@@H](OP(=O)(OC[C@H]2O[C@@H](n3ccc(=O)[nH]c3=O)[C@H](O)[C@@H]2O)OP(=O)(O)O)[C@H](O)[C@@H](CO)O[C@@H]1O. The third-order valence-electron chi connectivity index (χ3n) is 5.66. The molecule has 0 saturated carbocycles. The van der Waals surface area contributed by atoms with Crippen molar-refractivity contribution in [3.05, 3.63) is 33.1 Å². The Kier molecular flexibility index (Phi) is 10.6. The second-order valence-electron chi connectivity index (χ2n) is 8.44. The molecule has 0 radical (unpaired) electrons. The van der Waals surface area contributed by atoms with Crippen LogP contribution in [0.25, 0.3) is 0 Å². The van der Waals surface area contributed by atoms with Gasteiger partial charge in [-0.3, -0.25) is 28.2 Å². The number of hydrogen-bond donors (Lipinski definition) is 10. The molecule has 40 heavy (non-hydrogen) atoms. The van der Waals surface area contributed by atoms with Gasteiger partial charge >= 0.3 is 21.3 Å². The van der Waals surface area contributed by atoms with Crippen LogP contribution in [-0.2, 0) is 36.8 Å². The number of amides is 1. The highest BCUT2D eigenvalue weighted by Crippen LogP contribution is 2.62. The summed E-state index contributed by atoms with van der Waals surface area (Å²) >= 11 is 0. The number of phosphoric acid groups is 2. The Balaban J connectivity index is 1.85. The van der Waals surface area contributed by atoms with E-state index in [9.17, 15) is 58.8 Å². The van der Waals surface area contributed by atoms with E-state index in [4.69, 9.17) is 23.6 Å². The van der Waals surface area contributed by atoms with Gasteiger partial charge in [0.15, 0.2) is 12.5 Å². The number of hydrogen-bond acceptors (Lipinski definition) is 16. The molecule has 2 aliphatic heterocycles. The summed E-state index contributed by atoms with van der Waals surface area (Å²) in [6.45, 7) is -3.21. The molecule has 0 aromatic carbocycles. The molecule has 1 aromatic heterocycles. The fourth-order valence-electron chi connectivity index (χ4n) is 3.84. The van der Waals surface area contributed by atoms with E-state index in [-0.39, 0.29) is 0 Å². The summed E-state index contributed by atoms with van der Waals surface area (Å²) in [5.41, 5.74) is -1.81. The fraction of sp³-hybridized carbons (Fsp3) is 0.706. The van der Waals surface area contributed by atoms with E-state index in [1.165, 1.54) is 0 Å². The van der Waals surface area contributed by atoms with E-state index >= 15 is 0 Å². The molecule has 23 heteroatoms. The Morgan fingerprint density at radius 3 is 2.30 bits per heavy atom. The Hall–Kier alpha value is -1.91. The highest BCUT2D eigenvalue weighted by molar-refractivity contribution is 7.61. The summed E-state index contributed by atoms with van der Waals surface area (Å²) in [6, 6.07) is -0.968. The van der Waals surface area contributed by atoms with Crippen molar-refractivity contribution in [1.29, 1.82) is 0 Å². The number of nitrogens with one attached hydrogen (secondary N) is 2. The third-order valence-corrected chi connectivity index (χ3v) is 8.28. The number of aliphatic hydroxyl groups is 6. The van der Waals surface area contributed by atoms with Gasteiger partial charge in [0.25, 0.3) is 5.56 Å². The number of ether oxygens (including phenoxy) is 2. The first-order valence-electron chi connectivity index (χ1n) is 11.1. The first-order chi connectivity index (χ1) is 18.6. The highest BCUT2D eigenvalue weighted by Gasteiger charge is 2.52. The van der Waals surface area contributed by atoms with Gasteiger partial charge in [-0.2, -0.15) is 4.31 Å². The highest BCUT2D eigenvalue weighted by atomic mass is 31.3. The van der Waals surface area contributed by atoms with Gasteiger partial charge in [0.2, 0.25) is 5.91 Å². The van der Waals surface area contributed by atoms with Crippen LogP contribution in [0, 0.1) is 0 Å². The first-order valence-corrected chi connectivity index (χ1v) is 14.1. The molecule has 1 aromatic rings. The number of aromatic nitrogens is 2. The van der Waals surface area contributed by atoms with Crippen molar-refractivity contribution in [3.8, 4) is 0 Å². The zero-order valence-electron chi connectivity index (χ0n) is 20.0. The second-order valence-corrected chi connectivity index (χ2v) is 11.4. The Bertz CT molecular complexity index is 1250. The summed E-state index contributed by atoms with van der Waals surface area (Å²) in [7, 11) is -11.3. The number of aromatic amines is 1. The van der Waals surface area contributed by atoms with E-state index in [2.05, 4.69) is 4.31 Å². The Morgan fingerprint density at radius 1 is 1.05 bits per heavy atom. The zero-order chi connectivity index (χ0) is 30.0. The molecule has 0 bridgehead atoms. The standard InChI is InChI=1S/C17H27N3O18P2/c21-3-6-12(26)14(10(16(28)36-6)18-9(24)4-22)37-40(33,38-39(30,31)32)34-5-7-11(25)13(27)15(35-7)20-2-1-8(23)19-17(20)29/h1-2,6-7,10-16,21-22,25-28H,3-5H2,(H,18,24)(H,19,23,29)(H2,30,31,32)/t6-,7-,10-,11-,12-,13-,14-,15-,16+,40?/m1/s1. The molecule has 3 rings (SSSR count). The van der Waals surface area contributed by atoms with Crippen LogP contribution < -0.4 is 16.6 Å². The van der Waals surface area contributed by atoms with Crippen LogP contribution in [0.1, 0.15) is 6.23 Å². The van der Waals surface area contributed by atoms with Gasteiger partial charge in [0.1, 0.15) is 49.3 Å². The van der Waals surface area contributed by atoms with Crippen LogP contribution in [0.3, 0.4) is 0 Å². The van der Waals surface area contributed by atoms with Crippen LogP contribution in [0.2, 0.25) is 0 Å². The molecule has 10 N–H and O–H groups in total. The first kappa shape index (κ1) is 32.6. The summed E-state index contributed by atoms with van der Waals surface area (Å²) in [6.07, 6.45) is -14.0. The molecular weight excluding hydrogens is 596 g/mol. The summed E-state index contributed by atoms with van der Waals surface area (Å²) < 4.78 is 49.9. The molecule has 21 nitrogen and oxygen atoms in total. The lowest BCUT2D eigenvalue weighted by atomic mass is 9.97. The quantitative estimate of drug-likeness (QED) is 0.103. The number of aliphatic hydroxyl groups excluding tert-OH is 6. The molecule has 0 spiro atoms. The molecule has 228 valence electrons. The normalized spacial score (nSPS) is 34.4. The fourth-order valence-corrected chi connectivity index (χ4v) is 6.17. The van der Waals surface area contributed by atoms with Crippen molar-refractivity contribution in [2.24, 2.45) is 0 Å². The number of rotatable bonds is 11. The van der Waals surface area contributed by atoms with Gasteiger partial charge in [0.05, 0.1) is 13.2 Å². The number of H-pyrrole nitrogens is 1. The van der Waals surface area contributed by atoms with Crippen LogP contribution in [0.5, 0.6) is 0 Å². The molecule has 10 atom stereocenters. The second kappa shape index (κ2) is 12.9. The van der Waals surface area contributed by atoms with E-state index in [0.29, 0.717) is 4.57 Å². The predicted octanol–water partition coefficient (Wildman–Crippen LogP) is -5.68. The topological polar surface area (TPSA) is 326 Å². The van der Waals surface area contributed by atoms with Gasteiger partial charge in [-0.05, 0) is 0 Å². The molecule has 0 aliphatic carbocycles. The van der Waals surface area contributed by atoms with E-state index < -0.39 is 108 Å². The van der Waals surface area contributed by atoms with Gasteiger partial charge in [-0.15, -0.1) is 0 Å². The number of phosphoric ester groups is 1. The van der Waals surface area contributed by atoms with Crippen molar-refractivity contribution in [1.82, 2.24) is 14.9 Å². The average molecular weight is 623 g/mol. The summed E-state index contributed by atoms with van der Waals surface area (Å²) in [4.78, 5) is 55.4. The Morgan fingerprint density at radius 2 is 1.73 bits per heavy atom. The largest absolute Gasteiger partial charge is 0.484 e. The van der Waals surface area contributed by atoms with Crippen molar-refractivity contribution < 1.29 is 77.2 Å². The molecule has 3 heterocycles. The number of carbonyl (C=O) groups is 1. The molecule has 1 amide bonds. The maximum atomic E-state index is 13.3. The minimum absolute atomic E-state index is 0.695. The lowest BCUT2D eigenvalue weighted by Crippen LogP contribution is -2.65. The van der Waals surface area contributed by atoms with Crippen molar-refractivity contribution in [2.75, 3.05) is 19.8 Å². The smallest absolute Gasteiger partial charge is 0.394 e. The molecular formula is C17H27N3O18P2. The molecule has 2 saturated heterocycles. The van der Waals surface area contributed by atoms with Gasteiger partial charge in [-0.25, -0.2) is 13.9 Å². The molecule has 2 aliphatic rings. The average Bonchev–Trinajstić information content (AvgIpc) is 3.14. The van der Waals surface area contributed by atoms with Crippen LogP contribution in [0.4, 0.5) is 0 Å². The van der Waals surface area contributed by atoms with Crippen molar-refractivity contribution in [2.45, 2.75) is 55.2 Å². The maximum Gasteiger partial charge on any atom is 0.484 e. The van der Waals surface area contributed by atoms with Gasteiger partial charge in [0, 0.05) is 12.3 Å². The van der Waals surface area contributed by atoms with Crippen molar-refractivity contribution >= 4 is 21.6 Å². The minimum atomic E-state index is -5.72. The number of nitrogens with zero attached hydrogens (tertiary/aromatic N) is 1. The predicted molar refractivity (Wildman–Crippen MR) is 122 cm³/mol. The monoisotopic (exact) mass is 623 g/mol. The molecule has 1 unspecified atom stereocenters. The number of carbonyl (C=O) groups excluding carboxylic acids is 1. The molecule has 2 fully saturated rings. The Labute approximate surface area is 222 Å². The third kappa shape index (κ3) is 7.68. The van der Waals surface area contributed by atoms with E-state index in [1.807, 2.05) is 10.3 Å². The summed E-state index contributed by atoms with van der Waals surface area (Å²) in [5.74, 6) is -1.16. The van der Waals surface area contributed by atoms with Crippen molar-refractivity contribution in [3.63, 3.8) is 0 Å². The van der Waals surface area contributed by atoms with Gasteiger partial charge < -0.3 is 55.2 Å². The van der Waals surface area contributed by atoms with E-state index in [0.717, 1.165) is 12.3 Å². The lowest BCUT2D eigenvalue weighted by Gasteiger charge is -2.42. The minimum Gasteiger partial charge on any atom is -0.394 e. The van der Waals surface area contributed by atoms with Crippen LogP contribution in [-0.4, -0.2) is 125 Å². The van der Waals surface area contributed by atoms with Crippen LogP contribution in [0.15, 0.2) is 21.9 Å². The van der Waals surface area contributed by atoms with Gasteiger partial charge in [-0.1, -0.05) is 0 Å².